The molecule has 0 unspecified atom stereocenters. The lowest BCUT2D eigenvalue weighted by Gasteiger charge is -2.10. The number of carbonyl (C=O) groups excluding carboxylic acids is 1. The number of hydrogen-bond acceptors (Lipinski definition) is 3. The van der Waals surface area contributed by atoms with Crippen LogP contribution in [0.5, 0.6) is 0 Å². The molecular formula is C11H17N3O2. The van der Waals surface area contributed by atoms with E-state index in [1.165, 1.54) is 6.20 Å². The van der Waals surface area contributed by atoms with Crippen LogP contribution < -0.4 is 10.9 Å². The second-order valence-electron chi connectivity index (χ2n) is 3.92. The summed E-state index contributed by atoms with van der Waals surface area (Å²) in [6.07, 6.45) is 1.54. The van der Waals surface area contributed by atoms with Crippen LogP contribution in [0.2, 0.25) is 0 Å². The number of nitrogens with zero attached hydrogens (tertiary/aromatic N) is 1. The van der Waals surface area contributed by atoms with Gasteiger partial charge in [-0.2, -0.15) is 0 Å². The van der Waals surface area contributed by atoms with Crippen LogP contribution in [0.4, 0.5) is 0 Å². The van der Waals surface area contributed by atoms with Crippen molar-refractivity contribution in [1.29, 1.82) is 0 Å². The van der Waals surface area contributed by atoms with Crippen molar-refractivity contribution in [2.24, 2.45) is 0 Å². The van der Waals surface area contributed by atoms with Gasteiger partial charge in [0.2, 0.25) is 0 Å². The van der Waals surface area contributed by atoms with Gasteiger partial charge in [0.1, 0.15) is 5.56 Å². The third-order valence-electron chi connectivity index (χ3n) is 2.24. The van der Waals surface area contributed by atoms with Crippen LogP contribution in [-0.2, 0) is 0 Å². The average molecular weight is 223 g/mol. The molecule has 1 aromatic heterocycles. The standard InChI is InChI=1S/C11H17N3O2/c1-8-4-5-12-10(15)9(8)11(16)13-6-7-14(2)3/h4-5H,6-7H2,1-3H3,(H,12,15)(H,13,16). The molecule has 0 radical (unpaired) electrons. The average Bonchev–Trinajstić information content (AvgIpc) is 2.16. The Hall–Kier alpha value is -1.62. The summed E-state index contributed by atoms with van der Waals surface area (Å²) in [5, 5.41) is 2.71. The van der Waals surface area contributed by atoms with Crippen molar-refractivity contribution in [3.63, 3.8) is 0 Å². The van der Waals surface area contributed by atoms with E-state index in [0.29, 0.717) is 12.1 Å². The summed E-state index contributed by atoms with van der Waals surface area (Å²) in [5.74, 6) is -0.318. The Kier molecular flexibility index (Phi) is 4.25. The molecule has 0 atom stereocenters. The molecule has 5 nitrogen and oxygen atoms in total. The highest BCUT2D eigenvalue weighted by Gasteiger charge is 2.12. The van der Waals surface area contributed by atoms with E-state index in [-0.39, 0.29) is 17.0 Å². The van der Waals surface area contributed by atoms with Crippen LogP contribution in [0.15, 0.2) is 17.1 Å². The van der Waals surface area contributed by atoms with Gasteiger partial charge in [-0.3, -0.25) is 9.59 Å². The number of nitrogens with one attached hydrogen (secondary N) is 2. The third kappa shape index (κ3) is 3.20. The lowest BCUT2D eigenvalue weighted by Crippen LogP contribution is -2.35. The molecule has 0 aromatic carbocycles. The molecule has 0 saturated carbocycles. The van der Waals surface area contributed by atoms with Gasteiger partial charge in [-0.25, -0.2) is 0 Å². The van der Waals surface area contributed by atoms with Gasteiger partial charge < -0.3 is 15.2 Å². The van der Waals surface area contributed by atoms with Gasteiger partial charge in [-0.1, -0.05) is 0 Å². The fraction of sp³-hybridized carbons (Fsp3) is 0.455. The second kappa shape index (κ2) is 5.46. The van der Waals surface area contributed by atoms with Crippen LogP contribution in [0.25, 0.3) is 0 Å². The zero-order valence-corrected chi connectivity index (χ0v) is 9.83. The number of hydrogen-bond donors (Lipinski definition) is 2. The number of carbonyl (C=O) groups is 1. The maximum Gasteiger partial charge on any atom is 0.261 e. The van der Waals surface area contributed by atoms with Crippen molar-refractivity contribution < 1.29 is 4.79 Å². The molecule has 0 aliphatic heterocycles. The Labute approximate surface area is 94.5 Å². The highest BCUT2D eigenvalue weighted by atomic mass is 16.2. The van der Waals surface area contributed by atoms with Crippen molar-refractivity contribution in [2.45, 2.75) is 6.92 Å². The molecule has 0 fully saturated rings. The van der Waals surface area contributed by atoms with Crippen LogP contribution in [-0.4, -0.2) is 43.0 Å². The fourth-order valence-electron chi connectivity index (χ4n) is 1.34. The molecular weight excluding hydrogens is 206 g/mol. The first kappa shape index (κ1) is 12.4. The minimum absolute atomic E-state index is 0.196. The fourth-order valence-corrected chi connectivity index (χ4v) is 1.34. The molecule has 0 aliphatic carbocycles. The quantitative estimate of drug-likeness (QED) is 0.753. The summed E-state index contributed by atoms with van der Waals surface area (Å²) < 4.78 is 0. The van der Waals surface area contributed by atoms with Crippen LogP contribution in [0.3, 0.4) is 0 Å². The molecule has 0 aliphatic rings. The predicted molar refractivity (Wildman–Crippen MR) is 62.7 cm³/mol. The number of likely N-dealkylation sites (N-methyl/N-ethyl adjacent to an activating group) is 1. The van der Waals surface area contributed by atoms with Gasteiger partial charge in [-0.05, 0) is 32.6 Å². The summed E-state index contributed by atoms with van der Waals surface area (Å²) in [4.78, 5) is 27.6. The molecule has 2 N–H and O–H groups in total. The number of aromatic amines is 1. The van der Waals surface area contributed by atoms with E-state index in [4.69, 9.17) is 0 Å². The van der Waals surface area contributed by atoms with E-state index in [1.54, 1.807) is 13.0 Å². The van der Waals surface area contributed by atoms with Crippen molar-refractivity contribution in [3.8, 4) is 0 Å². The molecule has 16 heavy (non-hydrogen) atoms. The third-order valence-corrected chi connectivity index (χ3v) is 2.24. The van der Waals surface area contributed by atoms with Crippen molar-refractivity contribution >= 4 is 5.91 Å². The molecule has 0 spiro atoms. The van der Waals surface area contributed by atoms with Gasteiger partial charge in [-0.15, -0.1) is 0 Å². The monoisotopic (exact) mass is 223 g/mol. The zero-order valence-electron chi connectivity index (χ0n) is 9.83. The molecule has 5 heteroatoms. The van der Waals surface area contributed by atoms with E-state index >= 15 is 0 Å². The molecule has 0 saturated heterocycles. The second-order valence-corrected chi connectivity index (χ2v) is 3.92. The maximum absolute atomic E-state index is 11.7. The van der Waals surface area contributed by atoms with E-state index < -0.39 is 0 Å². The van der Waals surface area contributed by atoms with E-state index in [0.717, 1.165) is 6.54 Å². The van der Waals surface area contributed by atoms with Gasteiger partial charge in [0.15, 0.2) is 0 Å². The molecule has 88 valence electrons. The number of H-pyrrole nitrogens is 1. The number of rotatable bonds is 4. The smallest absolute Gasteiger partial charge is 0.261 e. The molecule has 1 rings (SSSR count). The van der Waals surface area contributed by atoms with Crippen LogP contribution >= 0.6 is 0 Å². The number of aryl methyl sites for hydroxylation is 1. The van der Waals surface area contributed by atoms with Crippen LogP contribution in [0, 0.1) is 6.92 Å². The topological polar surface area (TPSA) is 65.2 Å². The first-order valence-electron chi connectivity index (χ1n) is 5.13. The van der Waals surface area contributed by atoms with Gasteiger partial charge >= 0.3 is 0 Å². The van der Waals surface area contributed by atoms with Gasteiger partial charge in [0.25, 0.3) is 11.5 Å². The molecule has 1 amide bonds. The number of amides is 1. The summed E-state index contributed by atoms with van der Waals surface area (Å²) in [7, 11) is 3.85. The maximum atomic E-state index is 11.7. The lowest BCUT2D eigenvalue weighted by molar-refractivity contribution is 0.0949. The summed E-state index contributed by atoms with van der Waals surface area (Å²) in [6, 6.07) is 1.71. The number of aromatic nitrogens is 1. The largest absolute Gasteiger partial charge is 0.351 e. The van der Waals surface area contributed by atoms with Crippen molar-refractivity contribution in [3.05, 3.63) is 33.7 Å². The van der Waals surface area contributed by atoms with Gasteiger partial charge in [0, 0.05) is 19.3 Å². The Balaban J connectivity index is 2.70. The predicted octanol–water partition coefficient (Wildman–Crippen LogP) is -0.0253. The Morgan fingerprint density at radius 3 is 2.75 bits per heavy atom. The normalized spacial score (nSPS) is 10.5. The lowest BCUT2D eigenvalue weighted by atomic mass is 10.1. The first-order chi connectivity index (χ1) is 7.52. The highest BCUT2D eigenvalue weighted by Crippen LogP contribution is 1.99. The minimum Gasteiger partial charge on any atom is -0.351 e. The van der Waals surface area contributed by atoms with E-state index in [1.807, 2.05) is 19.0 Å². The van der Waals surface area contributed by atoms with E-state index in [2.05, 4.69) is 10.3 Å². The minimum atomic E-state index is -0.345. The summed E-state index contributed by atoms with van der Waals surface area (Å²) in [6.45, 7) is 3.02. The number of pyridine rings is 1. The first-order valence-corrected chi connectivity index (χ1v) is 5.13. The Morgan fingerprint density at radius 1 is 1.50 bits per heavy atom. The SMILES string of the molecule is Cc1cc[nH]c(=O)c1C(=O)NCCN(C)C. The molecule has 1 aromatic rings. The van der Waals surface area contributed by atoms with Crippen molar-refractivity contribution in [1.82, 2.24) is 15.2 Å². The Morgan fingerprint density at radius 2 is 2.19 bits per heavy atom. The van der Waals surface area contributed by atoms with E-state index in [9.17, 15) is 9.59 Å². The molecule has 0 bridgehead atoms. The van der Waals surface area contributed by atoms with Crippen molar-refractivity contribution in [2.75, 3.05) is 27.2 Å². The Bertz CT molecular complexity index is 423. The summed E-state index contributed by atoms with van der Waals surface area (Å²) in [5.41, 5.74) is 0.537. The van der Waals surface area contributed by atoms with Gasteiger partial charge in [0.05, 0.1) is 0 Å². The van der Waals surface area contributed by atoms with Crippen LogP contribution in [0.1, 0.15) is 15.9 Å². The summed E-state index contributed by atoms with van der Waals surface area (Å²) >= 11 is 0. The molecule has 1 heterocycles. The zero-order chi connectivity index (χ0) is 12.1. The highest BCUT2D eigenvalue weighted by molar-refractivity contribution is 5.95.